The van der Waals surface area contributed by atoms with Crippen molar-refractivity contribution in [3.8, 4) is 27.8 Å². The van der Waals surface area contributed by atoms with Crippen molar-refractivity contribution in [3.05, 3.63) is 60.1 Å². The molecule has 0 unspecified atom stereocenters. The van der Waals surface area contributed by atoms with Crippen LogP contribution in [0.3, 0.4) is 0 Å². The third kappa shape index (κ3) is 5.02. The number of urea groups is 1. The first kappa shape index (κ1) is 22.4. The number of aromatic nitrogens is 1. The van der Waals surface area contributed by atoms with E-state index in [1.54, 1.807) is 48.7 Å². The van der Waals surface area contributed by atoms with E-state index in [9.17, 15) is 14.4 Å². The summed E-state index contributed by atoms with van der Waals surface area (Å²) in [5.41, 5.74) is -0.919. The van der Waals surface area contributed by atoms with Crippen molar-refractivity contribution in [3.63, 3.8) is 0 Å². The second kappa shape index (κ2) is 9.80. The number of carbonyl (C=O) groups is 3. The van der Waals surface area contributed by atoms with Gasteiger partial charge in [-0.1, -0.05) is 0 Å². The highest BCUT2D eigenvalue weighted by molar-refractivity contribution is 7.13. The number of nitrogens with zero attached hydrogens (tertiary/aromatic N) is 1. The molecule has 1 aliphatic heterocycles. The Balaban J connectivity index is 1.46. The van der Waals surface area contributed by atoms with Crippen molar-refractivity contribution < 1.29 is 28.6 Å². The molecule has 1 aromatic heterocycles. The molecule has 0 atom stereocenters. The van der Waals surface area contributed by atoms with Crippen molar-refractivity contribution >= 4 is 29.2 Å². The molecule has 4 amide bonds. The minimum atomic E-state index is -1.92. The molecule has 0 radical (unpaired) electrons. The standard InChI is InChI=1S/C23H21N3O6S/c1-2-30-13-11-23(20(27)25-22(29)26-21(23)28)32-18-9-7-17(8-10-18)31-16-5-3-15(4-6-16)19-24-12-14-33-19/h3-10,12,14H,2,11,13H2,1H3,(H2,25,26,27,28,29). The maximum Gasteiger partial charge on any atom is 0.328 e. The Morgan fingerprint density at radius 2 is 1.52 bits per heavy atom. The van der Waals surface area contributed by atoms with Crippen molar-refractivity contribution in [2.45, 2.75) is 18.9 Å². The van der Waals surface area contributed by atoms with E-state index < -0.39 is 23.4 Å². The number of ether oxygens (including phenoxy) is 3. The first-order valence-corrected chi connectivity index (χ1v) is 11.1. The van der Waals surface area contributed by atoms with Gasteiger partial charge in [0.2, 0.25) is 0 Å². The number of hydrogen-bond donors (Lipinski definition) is 2. The zero-order valence-electron chi connectivity index (χ0n) is 17.7. The molecule has 10 heteroatoms. The lowest BCUT2D eigenvalue weighted by Gasteiger charge is -2.34. The monoisotopic (exact) mass is 467 g/mol. The molecule has 0 saturated carbocycles. The molecule has 33 heavy (non-hydrogen) atoms. The molecule has 2 aromatic carbocycles. The molecule has 4 rings (SSSR count). The number of benzene rings is 2. The summed E-state index contributed by atoms with van der Waals surface area (Å²) in [4.78, 5) is 40.9. The van der Waals surface area contributed by atoms with Crippen molar-refractivity contribution in [1.82, 2.24) is 15.6 Å². The molecular formula is C23H21N3O6S. The van der Waals surface area contributed by atoms with E-state index in [4.69, 9.17) is 14.2 Å². The molecule has 0 spiro atoms. The van der Waals surface area contributed by atoms with Gasteiger partial charge in [-0.05, 0) is 55.5 Å². The van der Waals surface area contributed by atoms with Gasteiger partial charge in [0.15, 0.2) is 0 Å². The summed E-state index contributed by atoms with van der Waals surface area (Å²) < 4.78 is 17.0. The maximum absolute atomic E-state index is 12.6. The topological polar surface area (TPSA) is 116 Å². The Morgan fingerprint density at radius 1 is 0.909 bits per heavy atom. The van der Waals surface area contributed by atoms with E-state index in [0.717, 1.165) is 10.6 Å². The van der Waals surface area contributed by atoms with Gasteiger partial charge < -0.3 is 14.2 Å². The summed E-state index contributed by atoms with van der Waals surface area (Å²) in [6.07, 6.45) is 1.70. The van der Waals surface area contributed by atoms with E-state index in [2.05, 4.69) is 15.6 Å². The molecular weight excluding hydrogens is 446 g/mol. The lowest BCUT2D eigenvalue weighted by Crippen LogP contribution is -2.69. The number of imide groups is 2. The fourth-order valence-corrected chi connectivity index (χ4v) is 3.86. The number of carbonyl (C=O) groups excluding carboxylic acids is 3. The number of thiazole rings is 1. The maximum atomic E-state index is 12.6. The highest BCUT2D eigenvalue weighted by Gasteiger charge is 2.52. The highest BCUT2D eigenvalue weighted by atomic mass is 32.1. The van der Waals surface area contributed by atoms with Crippen molar-refractivity contribution in [2.24, 2.45) is 0 Å². The summed E-state index contributed by atoms with van der Waals surface area (Å²) in [6, 6.07) is 13.1. The first-order chi connectivity index (χ1) is 16.0. The quantitative estimate of drug-likeness (QED) is 0.365. The van der Waals surface area contributed by atoms with Crippen LogP contribution in [-0.2, 0) is 14.3 Å². The lowest BCUT2D eigenvalue weighted by molar-refractivity contribution is -0.153. The van der Waals surface area contributed by atoms with Gasteiger partial charge in [0.1, 0.15) is 22.3 Å². The number of nitrogens with one attached hydrogen (secondary N) is 2. The molecule has 9 nitrogen and oxygen atoms in total. The van der Waals surface area contributed by atoms with Gasteiger partial charge in [0.25, 0.3) is 17.4 Å². The van der Waals surface area contributed by atoms with Crippen LogP contribution < -0.4 is 20.1 Å². The lowest BCUT2D eigenvalue weighted by atomic mass is 9.95. The second-order valence-electron chi connectivity index (χ2n) is 7.05. The minimum Gasteiger partial charge on any atom is -0.467 e. The average molecular weight is 468 g/mol. The van der Waals surface area contributed by atoms with Crippen LogP contribution >= 0.6 is 11.3 Å². The number of hydrogen-bond acceptors (Lipinski definition) is 8. The Hall–Kier alpha value is -3.76. The second-order valence-corrected chi connectivity index (χ2v) is 7.94. The van der Waals surface area contributed by atoms with Gasteiger partial charge in [0, 0.05) is 30.2 Å². The van der Waals surface area contributed by atoms with Crippen molar-refractivity contribution in [1.29, 1.82) is 0 Å². The largest absolute Gasteiger partial charge is 0.467 e. The normalized spacial score (nSPS) is 15.0. The Labute approximate surface area is 193 Å². The fraction of sp³-hybridized carbons (Fsp3) is 0.217. The van der Waals surface area contributed by atoms with E-state index in [0.29, 0.717) is 18.1 Å². The van der Waals surface area contributed by atoms with Crippen LogP contribution in [0.15, 0.2) is 60.1 Å². The number of rotatable bonds is 9. The first-order valence-electron chi connectivity index (χ1n) is 10.2. The van der Waals surface area contributed by atoms with Gasteiger partial charge >= 0.3 is 6.03 Å². The van der Waals surface area contributed by atoms with E-state index in [1.807, 2.05) is 29.6 Å². The molecule has 1 aliphatic rings. The highest BCUT2D eigenvalue weighted by Crippen LogP contribution is 2.30. The molecule has 3 aromatic rings. The number of amides is 4. The summed E-state index contributed by atoms with van der Waals surface area (Å²) in [5, 5.41) is 7.02. The average Bonchev–Trinajstić information content (AvgIpc) is 3.34. The predicted molar refractivity (Wildman–Crippen MR) is 120 cm³/mol. The Bertz CT molecular complexity index is 1110. The molecule has 0 aliphatic carbocycles. The fourth-order valence-electron chi connectivity index (χ4n) is 3.22. The molecule has 1 saturated heterocycles. The number of barbiturate groups is 1. The predicted octanol–water partition coefficient (Wildman–Crippen LogP) is 3.51. The van der Waals surface area contributed by atoms with Crippen LogP contribution in [0.1, 0.15) is 13.3 Å². The third-order valence-corrected chi connectivity index (χ3v) is 5.70. The smallest absolute Gasteiger partial charge is 0.328 e. The van der Waals surface area contributed by atoms with Crippen LogP contribution in [0.25, 0.3) is 10.6 Å². The van der Waals surface area contributed by atoms with Gasteiger partial charge in [-0.25, -0.2) is 9.78 Å². The van der Waals surface area contributed by atoms with Gasteiger partial charge in [-0.15, -0.1) is 11.3 Å². The van der Waals surface area contributed by atoms with Crippen LogP contribution in [0.5, 0.6) is 17.2 Å². The van der Waals surface area contributed by atoms with Crippen LogP contribution in [0.4, 0.5) is 4.79 Å². The molecule has 170 valence electrons. The van der Waals surface area contributed by atoms with E-state index >= 15 is 0 Å². The molecule has 2 N–H and O–H groups in total. The molecule has 1 fully saturated rings. The van der Waals surface area contributed by atoms with Gasteiger partial charge in [-0.3, -0.25) is 20.2 Å². The third-order valence-electron chi connectivity index (χ3n) is 4.88. The van der Waals surface area contributed by atoms with E-state index in [1.165, 1.54) is 0 Å². The van der Waals surface area contributed by atoms with Crippen LogP contribution in [0, 0.1) is 0 Å². The zero-order valence-corrected chi connectivity index (χ0v) is 18.5. The van der Waals surface area contributed by atoms with Crippen LogP contribution in [-0.4, -0.2) is 41.6 Å². The zero-order chi connectivity index (χ0) is 23.3. The Morgan fingerprint density at radius 3 is 2.09 bits per heavy atom. The molecule has 0 bridgehead atoms. The summed E-state index contributed by atoms with van der Waals surface area (Å²) in [5.74, 6) is -0.229. The van der Waals surface area contributed by atoms with Crippen molar-refractivity contribution in [2.75, 3.05) is 13.2 Å². The van der Waals surface area contributed by atoms with Gasteiger partial charge in [-0.2, -0.15) is 0 Å². The minimum absolute atomic E-state index is 0.0600. The van der Waals surface area contributed by atoms with E-state index in [-0.39, 0.29) is 18.8 Å². The molecule has 2 heterocycles. The Kier molecular flexibility index (Phi) is 6.66. The summed E-state index contributed by atoms with van der Waals surface area (Å²) in [7, 11) is 0. The summed E-state index contributed by atoms with van der Waals surface area (Å²) >= 11 is 1.56. The summed E-state index contributed by atoms with van der Waals surface area (Å²) in [6.45, 7) is 2.31. The van der Waals surface area contributed by atoms with Crippen LogP contribution in [0.2, 0.25) is 0 Å². The van der Waals surface area contributed by atoms with Gasteiger partial charge in [0.05, 0.1) is 6.61 Å². The SMILES string of the molecule is CCOCCC1(Oc2ccc(Oc3ccc(-c4nccs4)cc3)cc2)C(=O)NC(=O)NC1=O.